The van der Waals surface area contributed by atoms with E-state index in [1.807, 2.05) is 6.20 Å². The number of anilines is 1. The average molecular weight is 738 g/mol. The molecule has 0 aliphatic heterocycles. The van der Waals surface area contributed by atoms with Gasteiger partial charge in [-0.05, 0) is 115 Å². The van der Waals surface area contributed by atoms with E-state index in [2.05, 4.69) is 219 Å². The number of aryl methyl sites for hydroxylation is 1. The van der Waals surface area contributed by atoms with Gasteiger partial charge >= 0.3 is 0 Å². The van der Waals surface area contributed by atoms with Crippen LogP contribution in [0.3, 0.4) is 0 Å². The van der Waals surface area contributed by atoms with E-state index in [1.54, 1.807) is 11.8 Å². The van der Waals surface area contributed by atoms with Gasteiger partial charge < -0.3 is 5.32 Å². The second-order valence-corrected chi connectivity index (χ2v) is 16.0. The van der Waals surface area contributed by atoms with Crippen molar-refractivity contribution in [3.05, 3.63) is 229 Å². The maximum Gasteiger partial charge on any atom is 0.0524 e. The summed E-state index contributed by atoms with van der Waals surface area (Å²) in [5.74, 6) is 0. The van der Waals surface area contributed by atoms with Crippen LogP contribution in [0.25, 0.3) is 48.7 Å². The fourth-order valence-corrected chi connectivity index (χ4v) is 8.87. The lowest BCUT2D eigenvalue weighted by atomic mass is 9.75. The van der Waals surface area contributed by atoms with Crippen LogP contribution in [-0.2, 0) is 5.41 Å². The van der Waals surface area contributed by atoms with E-state index >= 15 is 0 Å². The van der Waals surface area contributed by atoms with Crippen LogP contribution in [0.4, 0.5) is 5.69 Å². The summed E-state index contributed by atoms with van der Waals surface area (Å²) in [5.41, 5.74) is 7.16. The van der Waals surface area contributed by atoms with Crippen molar-refractivity contribution in [3.8, 4) is 0 Å². The summed E-state index contributed by atoms with van der Waals surface area (Å²) in [4.78, 5) is 2.46. The highest BCUT2D eigenvalue weighted by atomic mass is 32.2. The van der Waals surface area contributed by atoms with E-state index in [1.165, 1.54) is 75.1 Å². The summed E-state index contributed by atoms with van der Waals surface area (Å²) >= 11 is 1.79. The van der Waals surface area contributed by atoms with Crippen molar-refractivity contribution < 1.29 is 0 Å². The lowest BCUT2D eigenvalue weighted by Gasteiger charge is -2.29. The Hall–Kier alpha value is -6.35. The summed E-state index contributed by atoms with van der Waals surface area (Å²) in [7, 11) is 0. The van der Waals surface area contributed by atoms with Gasteiger partial charge in [-0.1, -0.05) is 189 Å². The number of fused-ring (bicyclic) bond motifs is 6. The molecule has 0 saturated heterocycles. The standard InChI is InChI=1S/C54H43NS/c1-38-12-10-20-52(53(38)56-47-16-4-3-5-17-47)55-35-11-15-40(43-27-29-50-44(36-43)25-23-41-13-6-8-18-48(41)50)22-21-39-31-33-54(2,34-32-39)46-28-30-51-45(37-46)26-24-42-14-7-9-19-49(42)51/h3-33,35-37,55H,34H2,1-2H3/b22-21-,35-11+,40-15+. The van der Waals surface area contributed by atoms with Crippen LogP contribution in [0.2, 0.25) is 0 Å². The van der Waals surface area contributed by atoms with Crippen LogP contribution in [0.1, 0.15) is 30.0 Å². The third-order valence-corrected chi connectivity index (χ3v) is 12.4. The molecule has 270 valence electrons. The van der Waals surface area contributed by atoms with Gasteiger partial charge in [0.1, 0.15) is 0 Å². The number of hydrogen-bond donors (Lipinski definition) is 1. The molecule has 1 nitrogen and oxygen atoms in total. The molecule has 1 aliphatic carbocycles. The van der Waals surface area contributed by atoms with Crippen molar-refractivity contribution in [2.24, 2.45) is 0 Å². The van der Waals surface area contributed by atoms with E-state index < -0.39 is 0 Å². The van der Waals surface area contributed by atoms with Crippen molar-refractivity contribution in [1.29, 1.82) is 0 Å². The van der Waals surface area contributed by atoms with E-state index in [0.717, 1.165) is 17.7 Å². The van der Waals surface area contributed by atoms with Crippen LogP contribution < -0.4 is 5.32 Å². The summed E-state index contributed by atoms with van der Waals surface area (Å²) in [6.45, 7) is 4.52. The van der Waals surface area contributed by atoms with Gasteiger partial charge in [-0.25, -0.2) is 0 Å². The Bertz CT molecular complexity index is 2910. The molecule has 56 heavy (non-hydrogen) atoms. The Morgan fingerprint density at radius 3 is 2.04 bits per heavy atom. The third kappa shape index (κ3) is 7.24. The monoisotopic (exact) mass is 737 g/mol. The normalized spacial score (nSPS) is 16.1. The number of allylic oxidation sites excluding steroid dienone is 9. The molecule has 0 aromatic heterocycles. The van der Waals surface area contributed by atoms with Crippen molar-refractivity contribution in [1.82, 2.24) is 0 Å². The molecule has 1 aliphatic rings. The molecule has 0 spiro atoms. The minimum absolute atomic E-state index is 0.0706. The van der Waals surface area contributed by atoms with Gasteiger partial charge in [0.15, 0.2) is 0 Å². The average Bonchev–Trinajstić information content (AvgIpc) is 3.25. The van der Waals surface area contributed by atoms with Crippen LogP contribution in [0.5, 0.6) is 0 Å². The molecule has 0 fully saturated rings. The zero-order chi connectivity index (χ0) is 37.9. The van der Waals surface area contributed by atoms with Gasteiger partial charge in [0.05, 0.1) is 5.69 Å². The summed E-state index contributed by atoms with van der Waals surface area (Å²) in [6, 6.07) is 57.1. The molecule has 0 radical (unpaired) electrons. The molecule has 0 amide bonds. The molecular formula is C54H43NS. The smallest absolute Gasteiger partial charge is 0.0524 e. The predicted octanol–water partition coefficient (Wildman–Crippen LogP) is 15.2. The third-order valence-electron chi connectivity index (χ3n) is 11.1. The van der Waals surface area contributed by atoms with Crippen LogP contribution >= 0.6 is 11.8 Å². The SMILES string of the molecule is Cc1cccc(N/C=C/C=C(\C=C/C2=CCC(C)(c3ccc4c(ccc5ccccc54)c3)C=C2)c2ccc3c(ccc4ccccc43)c2)c1Sc1ccccc1. The van der Waals surface area contributed by atoms with Crippen molar-refractivity contribution in [2.45, 2.75) is 35.5 Å². The molecular weight excluding hydrogens is 695 g/mol. The van der Waals surface area contributed by atoms with Crippen LogP contribution in [-0.4, -0.2) is 0 Å². The lowest BCUT2D eigenvalue weighted by Crippen LogP contribution is -2.20. The zero-order valence-corrected chi connectivity index (χ0v) is 32.6. The molecule has 8 aromatic rings. The Kier molecular flexibility index (Phi) is 9.73. The molecule has 9 rings (SSSR count). The first-order chi connectivity index (χ1) is 27.5. The Labute approximate surface area is 334 Å². The summed E-state index contributed by atoms with van der Waals surface area (Å²) in [6.07, 6.45) is 18.9. The van der Waals surface area contributed by atoms with Crippen LogP contribution in [0, 0.1) is 6.92 Å². The first-order valence-corrected chi connectivity index (χ1v) is 20.2. The van der Waals surface area contributed by atoms with Gasteiger partial charge in [-0.3, -0.25) is 0 Å². The van der Waals surface area contributed by atoms with Gasteiger partial charge in [-0.2, -0.15) is 0 Å². The van der Waals surface area contributed by atoms with Crippen molar-refractivity contribution in [3.63, 3.8) is 0 Å². The predicted molar refractivity (Wildman–Crippen MR) is 244 cm³/mol. The van der Waals surface area contributed by atoms with Crippen molar-refractivity contribution >= 4 is 66.1 Å². The summed E-state index contributed by atoms with van der Waals surface area (Å²) in [5, 5.41) is 13.8. The molecule has 0 heterocycles. The van der Waals surface area contributed by atoms with Crippen molar-refractivity contribution in [2.75, 3.05) is 5.32 Å². The first-order valence-electron chi connectivity index (χ1n) is 19.4. The fraction of sp³-hybridized carbons (Fsp3) is 0.0741. The Morgan fingerprint density at radius 2 is 1.30 bits per heavy atom. The number of nitrogens with one attached hydrogen (secondary N) is 1. The number of rotatable bonds is 9. The molecule has 0 bridgehead atoms. The second kappa shape index (κ2) is 15.4. The minimum atomic E-state index is -0.0706. The number of hydrogen-bond acceptors (Lipinski definition) is 2. The zero-order valence-electron chi connectivity index (χ0n) is 31.7. The number of benzene rings is 8. The molecule has 1 N–H and O–H groups in total. The topological polar surface area (TPSA) is 12.0 Å². The van der Waals surface area contributed by atoms with E-state index in [-0.39, 0.29) is 5.41 Å². The lowest BCUT2D eigenvalue weighted by molar-refractivity contribution is 0.598. The van der Waals surface area contributed by atoms with E-state index in [4.69, 9.17) is 0 Å². The van der Waals surface area contributed by atoms with Gasteiger partial charge in [-0.15, -0.1) is 0 Å². The maximum absolute atomic E-state index is 3.59. The fourth-order valence-electron chi connectivity index (χ4n) is 7.88. The second-order valence-electron chi connectivity index (χ2n) is 14.9. The van der Waals surface area contributed by atoms with E-state index in [9.17, 15) is 0 Å². The highest BCUT2D eigenvalue weighted by molar-refractivity contribution is 7.99. The maximum atomic E-state index is 3.59. The van der Waals surface area contributed by atoms with Gasteiger partial charge in [0, 0.05) is 21.4 Å². The quantitative estimate of drug-likeness (QED) is 0.117. The molecule has 0 saturated carbocycles. The summed E-state index contributed by atoms with van der Waals surface area (Å²) < 4.78 is 0. The van der Waals surface area contributed by atoms with Gasteiger partial charge in [0.25, 0.3) is 0 Å². The van der Waals surface area contributed by atoms with Gasteiger partial charge in [0.2, 0.25) is 0 Å². The Morgan fingerprint density at radius 1 is 0.643 bits per heavy atom. The molecule has 1 atom stereocenters. The highest BCUT2D eigenvalue weighted by Crippen LogP contribution is 2.38. The Balaban J connectivity index is 0.998. The minimum Gasteiger partial charge on any atom is -0.361 e. The van der Waals surface area contributed by atoms with Crippen LogP contribution in [0.15, 0.2) is 222 Å². The largest absolute Gasteiger partial charge is 0.361 e. The first kappa shape index (κ1) is 35.4. The van der Waals surface area contributed by atoms with E-state index in [0.29, 0.717) is 0 Å². The molecule has 8 aromatic carbocycles. The molecule has 1 unspecified atom stereocenters. The highest BCUT2D eigenvalue weighted by Gasteiger charge is 2.25. The molecule has 2 heteroatoms.